The topological polar surface area (TPSA) is 81.7 Å². The number of rotatable bonds is 4. The van der Waals surface area contributed by atoms with Crippen molar-refractivity contribution in [3.63, 3.8) is 0 Å². The van der Waals surface area contributed by atoms with E-state index in [1.165, 1.54) is 0 Å². The fourth-order valence-electron chi connectivity index (χ4n) is 4.58. The van der Waals surface area contributed by atoms with Crippen molar-refractivity contribution < 1.29 is 23.9 Å². The van der Waals surface area contributed by atoms with Gasteiger partial charge in [-0.05, 0) is 43.4 Å². The highest BCUT2D eigenvalue weighted by Gasteiger charge is 2.68. The quantitative estimate of drug-likeness (QED) is 0.595. The number of anilines is 1. The Morgan fingerprint density at radius 3 is 2.85 bits per heavy atom. The first-order valence-corrected chi connectivity index (χ1v) is 9.66. The molecule has 4 rings (SSSR count). The van der Waals surface area contributed by atoms with Gasteiger partial charge in [0.1, 0.15) is 6.10 Å². The van der Waals surface area contributed by atoms with Gasteiger partial charge in [0, 0.05) is 11.6 Å². The summed E-state index contributed by atoms with van der Waals surface area (Å²) in [6.07, 6.45) is 0.653. The molecule has 7 heteroatoms. The molecular formula is C19H20BrNO5. The maximum absolute atomic E-state index is 12.6. The molecule has 1 aromatic carbocycles. The van der Waals surface area contributed by atoms with Gasteiger partial charge in [0.05, 0.1) is 16.7 Å². The van der Waals surface area contributed by atoms with Gasteiger partial charge in [0.15, 0.2) is 6.61 Å². The van der Waals surface area contributed by atoms with Gasteiger partial charge < -0.3 is 14.8 Å². The largest absolute Gasteiger partial charge is 0.461 e. The van der Waals surface area contributed by atoms with Crippen molar-refractivity contribution in [2.75, 3.05) is 11.9 Å². The Kier molecular flexibility index (Phi) is 4.29. The molecule has 3 aliphatic rings. The maximum Gasteiger partial charge on any atom is 0.310 e. The van der Waals surface area contributed by atoms with Crippen LogP contribution in [0.25, 0.3) is 0 Å². The number of hydrogen-bond acceptors (Lipinski definition) is 5. The third-order valence-corrected chi connectivity index (χ3v) is 7.01. The molecule has 2 bridgehead atoms. The van der Waals surface area contributed by atoms with E-state index >= 15 is 0 Å². The second-order valence-electron chi connectivity index (χ2n) is 7.44. The van der Waals surface area contributed by atoms with Gasteiger partial charge in [0.25, 0.3) is 5.91 Å². The number of alkyl halides is 1. The van der Waals surface area contributed by atoms with E-state index in [9.17, 15) is 14.4 Å². The maximum atomic E-state index is 12.6. The van der Waals surface area contributed by atoms with Gasteiger partial charge in [-0.1, -0.05) is 28.1 Å². The molecule has 1 aromatic rings. The van der Waals surface area contributed by atoms with E-state index in [0.29, 0.717) is 5.69 Å². The fourth-order valence-corrected chi connectivity index (χ4v) is 5.63. The van der Waals surface area contributed by atoms with Crippen molar-refractivity contribution in [2.45, 2.75) is 31.2 Å². The van der Waals surface area contributed by atoms with Crippen LogP contribution in [0.15, 0.2) is 18.2 Å². The minimum absolute atomic E-state index is 0.0171. The van der Waals surface area contributed by atoms with Crippen LogP contribution in [0.1, 0.15) is 17.5 Å². The summed E-state index contributed by atoms with van der Waals surface area (Å²) in [7, 11) is 0. The first-order chi connectivity index (χ1) is 12.4. The van der Waals surface area contributed by atoms with Gasteiger partial charge in [0.2, 0.25) is 0 Å². The molecule has 6 atom stereocenters. The second-order valence-corrected chi connectivity index (χ2v) is 8.49. The summed E-state index contributed by atoms with van der Waals surface area (Å²) in [5.74, 6) is -2.03. The predicted octanol–water partition coefficient (Wildman–Crippen LogP) is 2.36. The van der Waals surface area contributed by atoms with E-state index in [-0.39, 0.29) is 35.3 Å². The zero-order chi connectivity index (χ0) is 18.6. The average Bonchev–Trinajstić information content (AvgIpc) is 3.20. The summed E-state index contributed by atoms with van der Waals surface area (Å²) in [6, 6.07) is 5.75. The molecule has 1 N–H and O–H groups in total. The Morgan fingerprint density at radius 1 is 1.31 bits per heavy atom. The zero-order valence-electron chi connectivity index (χ0n) is 14.5. The summed E-state index contributed by atoms with van der Waals surface area (Å²) < 4.78 is 10.6. The predicted molar refractivity (Wildman–Crippen MR) is 96.7 cm³/mol. The highest BCUT2D eigenvalue weighted by molar-refractivity contribution is 9.09. The molecular weight excluding hydrogens is 402 g/mol. The third kappa shape index (κ3) is 2.73. The van der Waals surface area contributed by atoms with E-state index in [2.05, 4.69) is 21.2 Å². The van der Waals surface area contributed by atoms with Gasteiger partial charge in [-0.3, -0.25) is 14.4 Å². The lowest BCUT2D eigenvalue weighted by molar-refractivity contribution is -0.157. The standard InChI is InChI=1S/C19H20BrNO5/c1-8-3-4-9(2)12(5-8)21-13(22)7-25-18(23)14-10-6-11-15(14)19(24)26-17(11)16(10)20/h3-5,10-11,14-17H,6-7H2,1-2H3,(H,21,22)/t10-,11-,14-,15-,16-,17+/m1/s1. The molecule has 1 saturated heterocycles. The summed E-state index contributed by atoms with van der Waals surface area (Å²) in [5.41, 5.74) is 2.67. The minimum Gasteiger partial charge on any atom is -0.461 e. The van der Waals surface area contributed by atoms with Crippen molar-refractivity contribution in [2.24, 2.45) is 23.7 Å². The number of amides is 1. The number of fused-ring (bicyclic) bond motifs is 1. The van der Waals surface area contributed by atoms with Gasteiger partial charge in [-0.2, -0.15) is 0 Å². The number of ether oxygens (including phenoxy) is 2. The summed E-state index contributed by atoms with van der Waals surface area (Å²) in [6.45, 7) is 3.47. The van der Waals surface area contributed by atoms with E-state index in [0.717, 1.165) is 17.5 Å². The number of aryl methyl sites for hydroxylation is 2. The van der Waals surface area contributed by atoms with Crippen LogP contribution in [0.5, 0.6) is 0 Å². The Morgan fingerprint density at radius 2 is 2.08 bits per heavy atom. The first-order valence-electron chi connectivity index (χ1n) is 8.75. The van der Waals surface area contributed by atoms with Crippen molar-refractivity contribution in [3.05, 3.63) is 29.3 Å². The number of carbonyl (C=O) groups excluding carboxylic acids is 3. The molecule has 2 saturated carbocycles. The monoisotopic (exact) mass is 421 g/mol. The average molecular weight is 422 g/mol. The highest BCUT2D eigenvalue weighted by Crippen LogP contribution is 2.60. The molecule has 0 aromatic heterocycles. The van der Waals surface area contributed by atoms with E-state index in [4.69, 9.17) is 9.47 Å². The Hall–Kier alpha value is -1.89. The molecule has 138 valence electrons. The van der Waals surface area contributed by atoms with Crippen molar-refractivity contribution >= 4 is 39.5 Å². The normalized spacial score (nSPS) is 33.9. The molecule has 0 radical (unpaired) electrons. The van der Waals surface area contributed by atoms with Crippen LogP contribution in [-0.2, 0) is 23.9 Å². The molecule has 3 fully saturated rings. The first kappa shape index (κ1) is 17.5. The van der Waals surface area contributed by atoms with Crippen LogP contribution in [0.3, 0.4) is 0 Å². The fraction of sp³-hybridized carbons (Fsp3) is 0.526. The lowest BCUT2D eigenvalue weighted by atomic mass is 9.80. The third-order valence-electron chi connectivity index (χ3n) is 5.81. The van der Waals surface area contributed by atoms with Gasteiger partial charge >= 0.3 is 11.9 Å². The summed E-state index contributed by atoms with van der Waals surface area (Å²) in [4.78, 5) is 36.8. The van der Waals surface area contributed by atoms with E-state index in [1.54, 1.807) is 0 Å². The highest BCUT2D eigenvalue weighted by atomic mass is 79.9. The van der Waals surface area contributed by atoms with E-state index < -0.39 is 23.7 Å². The molecule has 2 aliphatic carbocycles. The number of esters is 2. The number of hydrogen-bond donors (Lipinski definition) is 1. The van der Waals surface area contributed by atoms with Crippen LogP contribution in [-0.4, -0.2) is 35.4 Å². The number of nitrogens with one attached hydrogen (secondary N) is 1. The minimum atomic E-state index is -0.524. The number of carbonyl (C=O) groups is 3. The Bertz CT molecular complexity index is 794. The smallest absolute Gasteiger partial charge is 0.310 e. The van der Waals surface area contributed by atoms with Crippen LogP contribution in [0.2, 0.25) is 0 Å². The second kappa shape index (κ2) is 6.37. The lowest BCUT2D eigenvalue weighted by Gasteiger charge is -2.26. The molecule has 1 aliphatic heterocycles. The van der Waals surface area contributed by atoms with E-state index in [1.807, 2.05) is 32.0 Å². The van der Waals surface area contributed by atoms with Crippen LogP contribution < -0.4 is 5.32 Å². The van der Waals surface area contributed by atoms with Crippen LogP contribution >= 0.6 is 15.9 Å². The van der Waals surface area contributed by atoms with Crippen LogP contribution in [0, 0.1) is 37.5 Å². The summed E-state index contributed by atoms with van der Waals surface area (Å²) in [5, 5.41) is 2.76. The van der Waals surface area contributed by atoms with Gasteiger partial charge in [-0.15, -0.1) is 0 Å². The molecule has 6 nitrogen and oxygen atoms in total. The lowest BCUT2D eigenvalue weighted by Crippen LogP contribution is -2.39. The SMILES string of the molecule is Cc1ccc(C)c(NC(=O)COC(=O)[C@@H]2[C@H]3C[C@H]4[C@H](OC(=O)[C@H]42)[C@@H]3Br)c1. The molecule has 0 unspecified atom stereocenters. The summed E-state index contributed by atoms with van der Waals surface area (Å²) >= 11 is 3.56. The van der Waals surface area contributed by atoms with Crippen molar-refractivity contribution in [3.8, 4) is 0 Å². The Labute approximate surface area is 159 Å². The van der Waals surface area contributed by atoms with Crippen LogP contribution in [0.4, 0.5) is 5.69 Å². The number of halogens is 1. The Balaban J connectivity index is 1.38. The molecule has 26 heavy (non-hydrogen) atoms. The number of benzene rings is 1. The van der Waals surface area contributed by atoms with Gasteiger partial charge in [-0.25, -0.2) is 0 Å². The molecule has 1 heterocycles. The molecule has 1 amide bonds. The van der Waals surface area contributed by atoms with Crippen molar-refractivity contribution in [1.82, 2.24) is 0 Å². The zero-order valence-corrected chi connectivity index (χ0v) is 16.1. The molecule has 0 spiro atoms. The van der Waals surface area contributed by atoms with Crippen molar-refractivity contribution in [1.29, 1.82) is 0 Å².